The lowest BCUT2D eigenvalue weighted by Gasteiger charge is -2.28. The van der Waals surface area contributed by atoms with Crippen LogP contribution in [0.4, 0.5) is 0 Å². The Kier molecular flexibility index (Phi) is 3.01. The van der Waals surface area contributed by atoms with Crippen molar-refractivity contribution >= 4 is 6.21 Å². The molecular formula is C9H14N2O4. The number of nitrogens with zero attached hydrogens (tertiary/aromatic N) is 2. The average molecular weight is 214 g/mol. The molecule has 4 atom stereocenters. The number of aliphatic imine (C=N–C) groups is 1. The van der Waals surface area contributed by atoms with Crippen molar-refractivity contribution in [2.75, 3.05) is 13.3 Å². The third kappa shape index (κ3) is 1.89. The molecule has 1 fully saturated rings. The molecular weight excluding hydrogens is 200 g/mol. The van der Waals surface area contributed by atoms with Crippen LogP contribution >= 0.6 is 0 Å². The fourth-order valence-electron chi connectivity index (χ4n) is 1.72. The highest BCUT2D eigenvalue weighted by Crippen LogP contribution is 2.24. The highest BCUT2D eigenvalue weighted by atomic mass is 16.6. The molecule has 15 heavy (non-hydrogen) atoms. The van der Waals surface area contributed by atoms with Crippen molar-refractivity contribution in [2.45, 2.75) is 24.5 Å². The van der Waals surface area contributed by atoms with E-state index in [4.69, 9.17) is 9.84 Å². The quantitative estimate of drug-likeness (QED) is 0.509. The monoisotopic (exact) mass is 214 g/mol. The van der Waals surface area contributed by atoms with Gasteiger partial charge in [-0.3, -0.25) is 4.99 Å². The summed E-state index contributed by atoms with van der Waals surface area (Å²) in [6.45, 7) is 0.0681. The van der Waals surface area contributed by atoms with Gasteiger partial charge < -0.3 is 25.0 Å². The third-order valence-electron chi connectivity index (χ3n) is 2.56. The van der Waals surface area contributed by atoms with Gasteiger partial charge in [0.25, 0.3) is 0 Å². The van der Waals surface area contributed by atoms with E-state index in [1.54, 1.807) is 23.4 Å². The van der Waals surface area contributed by atoms with Gasteiger partial charge in [0, 0.05) is 12.4 Å². The smallest absolute Gasteiger partial charge is 0.160 e. The van der Waals surface area contributed by atoms with E-state index in [9.17, 15) is 10.2 Å². The SMILES string of the molecule is OC[C@H]1O[C@@H](N2C=CC=NC2)[C@H](O)[C@@H]1O. The summed E-state index contributed by atoms with van der Waals surface area (Å²) >= 11 is 0. The van der Waals surface area contributed by atoms with Crippen LogP contribution in [0.2, 0.25) is 0 Å². The van der Waals surface area contributed by atoms with E-state index in [2.05, 4.69) is 4.99 Å². The minimum Gasteiger partial charge on any atom is -0.394 e. The number of allylic oxidation sites excluding steroid dienone is 1. The molecule has 2 rings (SSSR count). The Morgan fingerprint density at radius 3 is 2.73 bits per heavy atom. The minimum atomic E-state index is -1.06. The van der Waals surface area contributed by atoms with Crippen molar-refractivity contribution in [2.24, 2.45) is 4.99 Å². The van der Waals surface area contributed by atoms with Gasteiger partial charge in [-0.2, -0.15) is 0 Å². The number of rotatable bonds is 2. The summed E-state index contributed by atoms with van der Waals surface area (Å²) in [4.78, 5) is 5.66. The Balaban J connectivity index is 2.04. The lowest BCUT2D eigenvalue weighted by Crippen LogP contribution is -2.42. The van der Waals surface area contributed by atoms with Crippen LogP contribution in [0.5, 0.6) is 0 Å². The minimum absolute atomic E-state index is 0.310. The standard InChI is InChI=1S/C9H14N2O4/c12-4-6-7(13)8(14)9(15-6)11-3-1-2-10-5-11/h1-3,6-9,12-14H,4-5H2/t6-,7-,8-,9-/m1/s1. The predicted molar refractivity (Wildman–Crippen MR) is 52.1 cm³/mol. The molecule has 2 aliphatic heterocycles. The number of aliphatic hydroxyl groups is 3. The fourth-order valence-corrected chi connectivity index (χ4v) is 1.72. The lowest BCUT2D eigenvalue weighted by molar-refractivity contribution is -0.0790. The molecule has 0 aromatic rings. The van der Waals surface area contributed by atoms with Gasteiger partial charge in [0.2, 0.25) is 0 Å². The maximum absolute atomic E-state index is 9.70. The Hall–Kier alpha value is -0.950. The highest BCUT2D eigenvalue weighted by Gasteiger charge is 2.44. The molecule has 1 saturated heterocycles. The van der Waals surface area contributed by atoms with Crippen LogP contribution in [0.15, 0.2) is 17.3 Å². The first-order valence-electron chi connectivity index (χ1n) is 4.79. The van der Waals surface area contributed by atoms with Crippen LogP contribution in [0.1, 0.15) is 0 Å². The second-order valence-corrected chi connectivity index (χ2v) is 3.56. The zero-order chi connectivity index (χ0) is 10.8. The van der Waals surface area contributed by atoms with E-state index in [-0.39, 0.29) is 6.61 Å². The molecule has 0 aromatic heterocycles. The molecule has 0 aliphatic carbocycles. The topological polar surface area (TPSA) is 85.5 Å². The molecule has 0 spiro atoms. The second kappa shape index (κ2) is 4.28. The summed E-state index contributed by atoms with van der Waals surface area (Å²) in [5.74, 6) is 0. The van der Waals surface area contributed by atoms with Gasteiger partial charge >= 0.3 is 0 Å². The van der Waals surface area contributed by atoms with Crippen molar-refractivity contribution in [1.82, 2.24) is 4.90 Å². The maximum Gasteiger partial charge on any atom is 0.160 e. The van der Waals surface area contributed by atoms with Gasteiger partial charge in [-0.25, -0.2) is 0 Å². The molecule has 2 heterocycles. The van der Waals surface area contributed by atoms with Gasteiger partial charge in [0.1, 0.15) is 25.0 Å². The summed E-state index contributed by atoms with van der Waals surface area (Å²) in [6, 6.07) is 0. The average Bonchev–Trinajstić information content (AvgIpc) is 2.57. The molecule has 2 aliphatic rings. The first-order valence-corrected chi connectivity index (χ1v) is 4.79. The second-order valence-electron chi connectivity index (χ2n) is 3.56. The van der Waals surface area contributed by atoms with Crippen molar-refractivity contribution in [3.05, 3.63) is 12.3 Å². The van der Waals surface area contributed by atoms with Crippen LogP contribution in [0, 0.1) is 0 Å². The van der Waals surface area contributed by atoms with E-state index < -0.39 is 24.5 Å². The lowest BCUT2D eigenvalue weighted by atomic mass is 10.1. The molecule has 0 radical (unpaired) electrons. The predicted octanol–water partition coefficient (Wildman–Crippen LogP) is -1.72. The van der Waals surface area contributed by atoms with E-state index in [1.165, 1.54) is 0 Å². The molecule has 6 heteroatoms. The maximum atomic E-state index is 9.70. The zero-order valence-corrected chi connectivity index (χ0v) is 8.10. The number of ether oxygens (including phenoxy) is 1. The molecule has 3 N–H and O–H groups in total. The van der Waals surface area contributed by atoms with Gasteiger partial charge in [-0.15, -0.1) is 0 Å². The first-order chi connectivity index (χ1) is 7.24. The summed E-state index contributed by atoms with van der Waals surface area (Å²) in [5.41, 5.74) is 0. The molecule has 0 aromatic carbocycles. The van der Waals surface area contributed by atoms with Crippen molar-refractivity contribution in [3.63, 3.8) is 0 Å². The Labute approximate surface area is 87.1 Å². The van der Waals surface area contributed by atoms with Crippen LogP contribution < -0.4 is 0 Å². The van der Waals surface area contributed by atoms with Gasteiger partial charge in [-0.05, 0) is 6.08 Å². The number of hydrogen-bond acceptors (Lipinski definition) is 6. The van der Waals surface area contributed by atoms with Crippen molar-refractivity contribution in [1.29, 1.82) is 0 Å². The molecule has 0 unspecified atom stereocenters. The Morgan fingerprint density at radius 2 is 2.20 bits per heavy atom. The largest absolute Gasteiger partial charge is 0.394 e. The van der Waals surface area contributed by atoms with Gasteiger partial charge in [0.15, 0.2) is 6.23 Å². The van der Waals surface area contributed by atoms with Crippen molar-refractivity contribution in [3.8, 4) is 0 Å². The van der Waals surface area contributed by atoms with E-state index in [0.29, 0.717) is 6.67 Å². The summed E-state index contributed by atoms with van der Waals surface area (Å²) < 4.78 is 5.33. The molecule has 0 amide bonds. The summed E-state index contributed by atoms with van der Waals surface area (Å²) in [6.07, 6.45) is 1.64. The molecule has 0 saturated carbocycles. The van der Waals surface area contributed by atoms with Crippen LogP contribution in [-0.4, -0.2) is 64.2 Å². The highest BCUT2D eigenvalue weighted by molar-refractivity contribution is 5.71. The summed E-state index contributed by atoms with van der Waals surface area (Å²) in [5, 5.41) is 28.1. The third-order valence-corrected chi connectivity index (χ3v) is 2.56. The molecule has 0 bridgehead atoms. The Morgan fingerprint density at radius 1 is 1.40 bits per heavy atom. The Bertz CT molecular complexity index is 281. The number of aliphatic hydroxyl groups excluding tert-OH is 3. The first kappa shape index (κ1) is 10.6. The van der Waals surface area contributed by atoms with E-state index >= 15 is 0 Å². The fraction of sp³-hybridized carbons (Fsp3) is 0.667. The zero-order valence-electron chi connectivity index (χ0n) is 8.10. The molecule has 6 nitrogen and oxygen atoms in total. The van der Waals surface area contributed by atoms with Crippen LogP contribution in [0.3, 0.4) is 0 Å². The van der Waals surface area contributed by atoms with Crippen molar-refractivity contribution < 1.29 is 20.1 Å². The number of hydrogen-bond donors (Lipinski definition) is 3. The van der Waals surface area contributed by atoms with Gasteiger partial charge in [-0.1, -0.05) is 0 Å². The summed E-state index contributed by atoms with van der Waals surface area (Å²) in [7, 11) is 0. The van der Waals surface area contributed by atoms with Crippen LogP contribution in [-0.2, 0) is 4.74 Å². The normalized spacial score (nSPS) is 40.1. The van der Waals surface area contributed by atoms with E-state index in [1.807, 2.05) is 0 Å². The molecule has 84 valence electrons. The van der Waals surface area contributed by atoms with Gasteiger partial charge in [0.05, 0.1) is 6.61 Å². The van der Waals surface area contributed by atoms with E-state index in [0.717, 1.165) is 0 Å². The van der Waals surface area contributed by atoms with Crippen LogP contribution in [0.25, 0.3) is 0 Å².